The maximum absolute atomic E-state index is 13.5. The van der Waals surface area contributed by atoms with Crippen LogP contribution in [-0.4, -0.2) is 16.7 Å². The maximum Gasteiger partial charge on any atom is 0.278 e. The summed E-state index contributed by atoms with van der Waals surface area (Å²) in [7, 11) is 0. The summed E-state index contributed by atoms with van der Waals surface area (Å²) >= 11 is 0. The highest BCUT2D eigenvalue weighted by molar-refractivity contribution is 6.36. The molecular formula is C27H26N2O2. The van der Waals surface area contributed by atoms with E-state index >= 15 is 0 Å². The van der Waals surface area contributed by atoms with Crippen LogP contribution in [0.25, 0.3) is 5.57 Å². The molecule has 0 fully saturated rings. The van der Waals surface area contributed by atoms with Gasteiger partial charge in [0.2, 0.25) is 0 Å². The Labute approximate surface area is 183 Å². The van der Waals surface area contributed by atoms with Gasteiger partial charge in [-0.2, -0.15) is 0 Å². The van der Waals surface area contributed by atoms with Crippen LogP contribution in [0.15, 0.2) is 72.4 Å². The van der Waals surface area contributed by atoms with E-state index in [-0.39, 0.29) is 18.4 Å². The van der Waals surface area contributed by atoms with E-state index in [1.165, 1.54) is 4.90 Å². The molecule has 0 spiro atoms. The molecule has 0 unspecified atom stereocenters. The fourth-order valence-corrected chi connectivity index (χ4v) is 3.97. The number of imide groups is 1. The summed E-state index contributed by atoms with van der Waals surface area (Å²) in [6.07, 6.45) is 0. The maximum atomic E-state index is 13.5. The van der Waals surface area contributed by atoms with Gasteiger partial charge in [-0.1, -0.05) is 66.2 Å². The van der Waals surface area contributed by atoms with Crippen molar-refractivity contribution >= 4 is 23.1 Å². The monoisotopic (exact) mass is 410 g/mol. The number of aryl methyl sites for hydroxylation is 3. The lowest BCUT2D eigenvalue weighted by molar-refractivity contribution is -0.137. The molecule has 3 aromatic carbocycles. The fourth-order valence-electron chi connectivity index (χ4n) is 3.97. The van der Waals surface area contributed by atoms with Crippen LogP contribution in [0.5, 0.6) is 0 Å². The number of rotatable bonds is 5. The SMILES string of the molecule is Cc1ccc(C2=C(Nc3cccc(C)c3C)C(=O)N(Cc3ccccc3)C2=O)c(C)c1. The highest BCUT2D eigenvalue weighted by Gasteiger charge is 2.39. The third kappa shape index (κ3) is 3.89. The van der Waals surface area contributed by atoms with Crippen molar-refractivity contribution in [1.29, 1.82) is 0 Å². The number of nitrogens with one attached hydrogen (secondary N) is 1. The zero-order valence-corrected chi connectivity index (χ0v) is 18.3. The zero-order chi connectivity index (χ0) is 22.1. The van der Waals surface area contributed by atoms with E-state index in [0.717, 1.165) is 39.1 Å². The highest BCUT2D eigenvalue weighted by atomic mass is 16.2. The van der Waals surface area contributed by atoms with Gasteiger partial charge in [-0.3, -0.25) is 14.5 Å². The lowest BCUT2D eigenvalue weighted by Gasteiger charge is -2.16. The van der Waals surface area contributed by atoms with Crippen LogP contribution < -0.4 is 5.32 Å². The first-order valence-electron chi connectivity index (χ1n) is 10.4. The number of hydrogen-bond donors (Lipinski definition) is 1. The van der Waals surface area contributed by atoms with E-state index in [9.17, 15) is 9.59 Å². The van der Waals surface area contributed by atoms with Gasteiger partial charge in [0.05, 0.1) is 12.1 Å². The summed E-state index contributed by atoms with van der Waals surface area (Å²) < 4.78 is 0. The van der Waals surface area contributed by atoms with E-state index in [1.807, 2.05) is 94.4 Å². The molecule has 2 amide bonds. The molecule has 0 radical (unpaired) electrons. The van der Waals surface area contributed by atoms with Gasteiger partial charge in [0.25, 0.3) is 11.8 Å². The number of amides is 2. The second kappa shape index (κ2) is 8.23. The molecular weight excluding hydrogens is 384 g/mol. The lowest BCUT2D eigenvalue weighted by Crippen LogP contribution is -2.32. The number of carbonyl (C=O) groups excluding carboxylic acids is 2. The average molecular weight is 411 g/mol. The Kier molecular flexibility index (Phi) is 5.47. The molecule has 0 bridgehead atoms. The van der Waals surface area contributed by atoms with E-state index in [2.05, 4.69) is 5.32 Å². The van der Waals surface area contributed by atoms with Gasteiger partial charge >= 0.3 is 0 Å². The molecule has 31 heavy (non-hydrogen) atoms. The molecule has 1 aliphatic heterocycles. The minimum Gasteiger partial charge on any atom is -0.350 e. The number of anilines is 1. The molecule has 0 aromatic heterocycles. The summed E-state index contributed by atoms with van der Waals surface area (Å²) in [5.74, 6) is -0.571. The van der Waals surface area contributed by atoms with Crippen LogP contribution in [0.4, 0.5) is 5.69 Å². The Morgan fingerprint density at radius 1 is 0.774 bits per heavy atom. The Balaban J connectivity index is 1.81. The van der Waals surface area contributed by atoms with Crippen LogP contribution in [0.2, 0.25) is 0 Å². The van der Waals surface area contributed by atoms with Crippen molar-refractivity contribution in [2.75, 3.05) is 5.32 Å². The average Bonchev–Trinajstić information content (AvgIpc) is 2.97. The number of hydrogen-bond acceptors (Lipinski definition) is 3. The normalized spacial score (nSPS) is 13.9. The Bertz CT molecular complexity index is 1210. The van der Waals surface area contributed by atoms with Gasteiger partial charge in [0, 0.05) is 5.69 Å². The van der Waals surface area contributed by atoms with E-state index in [0.29, 0.717) is 11.3 Å². The molecule has 4 nitrogen and oxygen atoms in total. The molecule has 0 saturated carbocycles. The third-order valence-corrected chi connectivity index (χ3v) is 5.87. The standard InChI is InChI=1S/C27H26N2O2/c1-17-13-14-22(19(3)15-17)24-25(28-23-12-8-9-18(2)20(23)4)27(31)29(26(24)30)16-21-10-6-5-7-11-21/h5-15,28H,16H2,1-4H3. The summed E-state index contributed by atoms with van der Waals surface area (Å²) in [4.78, 5) is 28.3. The molecule has 4 rings (SSSR count). The Hall–Kier alpha value is -3.66. The minimum atomic E-state index is -0.301. The van der Waals surface area contributed by atoms with E-state index in [4.69, 9.17) is 0 Å². The van der Waals surface area contributed by atoms with E-state index < -0.39 is 0 Å². The molecule has 1 heterocycles. The third-order valence-electron chi connectivity index (χ3n) is 5.87. The number of nitrogens with zero attached hydrogens (tertiary/aromatic N) is 1. The van der Waals surface area contributed by atoms with Crippen LogP contribution in [-0.2, 0) is 16.1 Å². The van der Waals surface area contributed by atoms with Crippen molar-refractivity contribution in [3.63, 3.8) is 0 Å². The van der Waals surface area contributed by atoms with Crippen molar-refractivity contribution in [3.05, 3.63) is 106 Å². The van der Waals surface area contributed by atoms with Crippen molar-refractivity contribution < 1.29 is 9.59 Å². The first-order valence-corrected chi connectivity index (χ1v) is 10.4. The van der Waals surface area contributed by atoms with Gasteiger partial charge in [-0.25, -0.2) is 0 Å². The van der Waals surface area contributed by atoms with Gasteiger partial charge in [-0.05, 0) is 61.6 Å². The molecule has 4 heteroatoms. The molecule has 0 aliphatic carbocycles. The smallest absolute Gasteiger partial charge is 0.278 e. The van der Waals surface area contributed by atoms with Crippen molar-refractivity contribution in [1.82, 2.24) is 4.90 Å². The van der Waals surface area contributed by atoms with Crippen molar-refractivity contribution in [3.8, 4) is 0 Å². The molecule has 1 N–H and O–H groups in total. The second-order valence-electron chi connectivity index (χ2n) is 8.12. The number of benzene rings is 3. The molecule has 0 saturated heterocycles. The molecule has 3 aromatic rings. The first-order chi connectivity index (χ1) is 14.9. The summed E-state index contributed by atoms with van der Waals surface area (Å²) in [5.41, 5.74) is 7.56. The first kappa shape index (κ1) is 20.6. The Morgan fingerprint density at radius 2 is 1.52 bits per heavy atom. The molecule has 156 valence electrons. The second-order valence-corrected chi connectivity index (χ2v) is 8.12. The van der Waals surface area contributed by atoms with Gasteiger partial charge in [-0.15, -0.1) is 0 Å². The summed E-state index contributed by atoms with van der Waals surface area (Å²) in [6.45, 7) is 8.28. The lowest BCUT2D eigenvalue weighted by atomic mass is 9.97. The Morgan fingerprint density at radius 3 is 2.23 bits per heavy atom. The van der Waals surface area contributed by atoms with Crippen molar-refractivity contribution in [2.24, 2.45) is 0 Å². The van der Waals surface area contributed by atoms with Crippen LogP contribution in [0, 0.1) is 27.7 Å². The molecule has 0 atom stereocenters. The highest BCUT2D eigenvalue weighted by Crippen LogP contribution is 2.34. The van der Waals surface area contributed by atoms with Crippen LogP contribution in [0.3, 0.4) is 0 Å². The zero-order valence-electron chi connectivity index (χ0n) is 18.3. The quantitative estimate of drug-likeness (QED) is 0.580. The summed E-state index contributed by atoms with van der Waals surface area (Å²) in [6, 6.07) is 21.5. The topological polar surface area (TPSA) is 49.4 Å². The van der Waals surface area contributed by atoms with Crippen LogP contribution >= 0.6 is 0 Å². The minimum absolute atomic E-state index is 0.241. The largest absolute Gasteiger partial charge is 0.350 e. The van der Waals surface area contributed by atoms with Gasteiger partial charge in [0.15, 0.2) is 0 Å². The molecule has 1 aliphatic rings. The predicted molar refractivity (Wildman–Crippen MR) is 124 cm³/mol. The van der Waals surface area contributed by atoms with Crippen molar-refractivity contribution in [2.45, 2.75) is 34.2 Å². The van der Waals surface area contributed by atoms with Gasteiger partial charge in [0.1, 0.15) is 5.70 Å². The van der Waals surface area contributed by atoms with E-state index in [1.54, 1.807) is 0 Å². The van der Waals surface area contributed by atoms with Crippen LogP contribution in [0.1, 0.15) is 33.4 Å². The van der Waals surface area contributed by atoms with Gasteiger partial charge < -0.3 is 5.32 Å². The summed E-state index contributed by atoms with van der Waals surface area (Å²) in [5, 5.41) is 3.30. The number of carbonyl (C=O) groups is 2. The predicted octanol–water partition coefficient (Wildman–Crippen LogP) is 5.31. The fraction of sp³-hybridized carbons (Fsp3) is 0.185.